The van der Waals surface area contributed by atoms with Crippen molar-refractivity contribution in [1.82, 2.24) is 0 Å². The van der Waals surface area contributed by atoms with Gasteiger partial charge in [0.25, 0.3) is 10.0 Å². The van der Waals surface area contributed by atoms with E-state index in [1.165, 1.54) is 11.3 Å². The highest BCUT2D eigenvalue weighted by Crippen LogP contribution is 2.31. The third kappa shape index (κ3) is 2.68. The molecule has 0 unspecified atom stereocenters. The predicted molar refractivity (Wildman–Crippen MR) is 78.4 cm³/mol. The van der Waals surface area contributed by atoms with Crippen LogP contribution < -0.4 is 10.5 Å². The molecule has 0 amide bonds. The second-order valence-electron chi connectivity index (χ2n) is 3.66. The second kappa shape index (κ2) is 4.91. The van der Waals surface area contributed by atoms with E-state index in [4.69, 9.17) is 5.73 Å². The lowest BCUT2D eigenvalue weighted by molar-refractivity contribution is 0.601. The van der Waals surface area contributed by atoms with E-state index in [2.05, 4.69) is 20.7 Å². The van der Waals surface area contributed by atoms with Gasteiger partial charge in [0.2, 0.25) is 0 Å². The largest absolute Gasteiger partial charge is 0.397 e. The van der Waals surface area contributed by atoms with Crippen LogP contribution in [-0.4, -0.2) is 8.42 Å². The first-order valence-corrected chi connectivity index (χ1v) is 8.12. The summed E-state index contributed by atoms with van der Waals surface area (Å²) in [6, 6.07) is 8.34. The van der Waals surface area contributed by atoms with E-state index in [1.54, 1.807) is 37.3 Å². The minimum Gasteiger partial charge on any atom is -0.397 e. The lowest BCUT2D eigenvalue weighted by Gasteiger charge is -2.09. The molecule has 1 aromatic heterocycles. The molecule has 0 bridgehead atoms. The standard InChI is InChI=1S/C11H11BrN2O2S2/c1-7-10(6-11(12)17-7)18(15,16)14-9-5-3-2-4-8(9)13/h2-6,14H,13H2,1H3. The Kier molecular flexibility index (Phi) is 3.65. The van der Waals surface area contributed by atoms with Gasteiger partial charge in [0.1, 0.15) is 4.90 Å². The van der Waals surface area contributed by atoms with Gasteiger partial charge in [-0.15, -0.1) is 11.3 Å². The van der Waals surface area contributed by atoms with Crippen molar-refractivity contribution in [3.8, 4) is 0 Å². The molecule has 2 aromatic rings. The molecule has 0 saturated carbocycles. The van der Waals surface area contributed by atoms with Crippen LogP contribution in [0.2, 0.25) is 0 Å². The van der Waals surface area contributed by atoms with Crippen LogP contribution in [0.15, 0.2) is 39.0 Å². The molecule has 3 N–H and O–H groups in total. The molecule has 0 aliphatic rings. The van der Waals surface area contributed by atoms with Gasteiger partial charge in [0.15, 0.2) is 0 Å². The third-order valence-corrected chi connectivity index (χ3v) is 5.51. The van der Waals surface area contributed by atoms with Crippen LogP contribution in [0, 0.1) is 6.92 Å². The number of rotatable bonds is 3. The maximum Gasteiger partial charge on any atom is 0.263 e. The third-order valence-electron chi connectivity index (χ3n) is 2.34. The fraction of sp³-hybridized carbons (Fsp3) is 0.0909. The van der Waals surface area contributed by atoms with Gasteiger partial charge >= 0.3 is 0 Å². The van der Waals surface area contributed by atoms with Crippen LogP contribution in [0.25, 0.3) is 0 Å². The van der Waals surface area contributed by atoms with Crippen LogP contribution in [0.1, 0.15) is 4.88 Å². The summed E-state index contributed by atoms with van der Waals surface area (Å²) in [5.41, 5.74) is 6.50. The number of aryl methyl sites for hydroxylation is 1. The van der Waals surface area contributed by atoms with Crippen molar-refractivity contribution >= 4 is 48.7 Å². The molecule has 2 rings (SSSR count). The van der Waals surface area contributed by atoms with Gasteiger partial charge in [-0.05, 0) is 41.1 Å². The molecule has 0 fully saturated rings. The van der Waals surface area contributed by atoms with Crippen molar-refractivity contribution in [2.24, 2.45) is 0 Å². The van der Waals surface area contributed by atoms with Crippen LogP contribution in [0.4, 0.5) is 11.4 Å². The molecule has 1 heterocycles. The minimum absolute atomic E-state index is 0.266. The van der Waals surface area contributed by atoms with Gasteiger partial charge in [-0.2, -0.15) is 0 Å². The molecule has 7 heteroatoms. The molecule has 0 spiro atoms. The molecule has 0 atom stereocenters. The summed E-state index contributed by atoms with van der Waals surface area (Å²) < 4.78 is 27.7. The van der Waals surface area contributed by atoms with Gasteiger partial charge < -0.3 is 5.73 Å². The first-order chi connectivity index (χ1) is 8.40. The predicted octanol–water partition coefficient (Wildman–Crippen LogP) is 3.20. The number of benzene rings is 1. The van der Waals surface area contributed by atoms with Crippen molar-refractivity contribution in [2.75, 3.05) is 10.5 Å². The number of nitrogens with two attached hydrogens (primary N) is 1. The quantitative estimate of drug-likeness (QED) is 0.838. The number of hydrogen-bond acceptors (Lipinski definition) is 4. The fourth-order valence-electron chi connectivity index (χ4n) is 1.49. The average Bonchev–Trinajstić information content (AvgIpc) is 2.62. The summed E-state index contributed by atoms with van der Waals surface area (Å²) in [5.74, 6) is 0. The topological polar surface area (TPSA) is 72.2 Å². The highest BCUT2D eigenvalue weighted by Gasteiger charge is 2.20. The molecular formula is C11H11BrN2O2S2. The first kappa shape index (κ1) is 13.4. The molecule has 0 aliphatic heterocycles. The highest BCUT2D eigenvalue weighted by atomic mass is 79.9. The Labute approximate surface area is 118 Å². The Balaban J connectivity index is 2.40. The number of thiophene rings is 1. The molecule has 18 heavy (non-hydrogen) atoms. The summed E-state index contributed by atoms with van der Waals surface area (Å²) in [4.78, 5) is 0.992. The Hall–Kier alpha value is -1.05. The normalized spacial score (nSPS) is 11.4. The second-order valence-corrected chi connectivity index (χ2v) is 7.95. The van der Waals surface area contributed by atoms with E-state index >= 15 is 0 Å². The number of anilines is 2. The summed E-state index contributed by atoms with van der Waals surface area (Å²) in [7, 11) is -3.60. The van der Waals surface area contributed by atoms with Crippen LogP contribution in [0.3, 0.4) is 0 Å². The number of halogens is 1. The van der Waals surface area contributed by atoms with Crippen molar-refractivity contribution in [1.29, 1.82) is 0 Å². The number of para-hydroxylation sites is 2. The number of nitrogens with one attached hydrogen (secondary N) is 1. The zero-order chi connectivity index (χ0) is 13.3. The maximum absolute atomic E-state index is 12.2. The Morgan fingerprint density at radius 1 is 1.33 bits per heavy atom. The van der Waals surface area contributed by atoms with Gasteiger partial charge in [0, 0.05) is 4.88 Å². The Morgan fingerprint density at radius 3 is 2.56 bits per heavy atom. The Morgan fingerprint density at radius 2 is 2.00 bits per heavy atom. The van der Waals surface area contributed by atoms with E-state index < -0.39 is 10.0 Å². The summed E-state index contributed by atoms with van der Waals surface area (Å²) in [5, 5.41) is 0. The monoisotopic (exact) mass is 346 g/mol. The van der Waals surface area contributed by atoms with Gasteiger partial charge in [-0.25, -0.2) is 8.42 Å². The highest BCUT2D eigenvalue weighted by molar-refractivity contribution is 9.11. The van der Waals surface area contributed by atoms with Crippen molar-refractivity contribution in [2.45, 2.75) is 11.8 Å². The molecule has 0 saturated heterocycles. The smallest absolute Gasteiger partial charge is 0.263 e. The zero-order valence-electron chi connectivity index (χ0n) is 9.48. The lowest BCUT2D eigenvalue weighted by atomic mass is 10.3. The van der Waals surface area contributed by atoms with Crippen molar-refractivity contribution in [3.63, 3.8) is 0 Å². The van der Waals surface area contributed by atoms with Crippen molar-refractivity contribution in [3.05, 3.63) is 39.0 Å². The molecule has 0 radical (unpaired) electrons. The SMILES string of the molecule is Cc1sc(Br)cc1S(=O)(=O)Nc1ccccc1N. The van der Waals surface area contributed by atoms with E-state index in [0.29, 0.717) is 11.4 Å². The minimum atomic E-state index is -3.60. The van der Waals surface area contributed by atoms with Crippen LogP contribution >= 0.6 is 27.3 Å². The van der Waals surface area contributed by atoms with Gasteiger partial charge in [-0.1, -0.05) is 12.1 Å². The van der Waals surface area contributed by atoms with Crippen LogP contribution in [-0.2, 0) is 10.0 Å². The molecular weight excluding hydrogens is 336 g/mol. The number of sulfonamides is 1. The van der Waals surface area contributed by atoms with Crippen LogP contribution in [0.5, 0.6) is 0 Å². The van der Waals surface area contributed by atoms with E-state index in [1.807, 2.05) is 0 Å². The lowest BCUT2D eigenvalue weighted by Crippen LogP contribution is -2.14. The summed E-state index contributed by atoms with van der Waals surface area (Å²) >= 11 is 4.65. The average molecular weight is 347 g/mol. The fourth-order valence-corrected chi connectivity index (χ4v) is 4.99. The number of hydrogen-bond donors (Lipinski definition) is 2. The zero-order valence-corrected chi connectivity index (χ0v) is 12.7. The summed E-state index contributed by atoms with van der Waals surface area (Å²) in [6.07, 6.45) is 0. The molecule has 4 nitrogen and oxygen atoms in total. The van der Waals surface area contributed by atoms with E-state index in [9.17, 15) is 8.42 Å². The van der Waals surface area contributed by atoms with Gasteiger partial charge in [-0.3, -0.25) is 4.72 Å². The van der Waals surface area contributed by atoms with E-state index in [0.717, 1.165) is 8.66 Å². The Bertz CT molecular complexity index is 680. The number of nitrogen functional groups attached to an aromatic ring is 1. The maximum atomic E-state index is 12.2. The first-order valence-electron chi connectivity index (χ1n) is 5.03. The summed E-state index contributed by atoms with van der Waals surface area (Å²) in [6.45, 7) is 1.76. The van der Waals surface area contributed by atoms with Gasteiger partial charge in [0.05, 0.1) is 15.2 Å². The van der Waals surface area contributed by atoms with E-state index in [-0.39, 0.29) is 4.90 Å². The molecule has 0 aliphatic carbocycles. The molecule has 96 valence electrons. The molecule has 1 aromatic carbocycles. The van der Waals surface area contributed by atoms with Crippen molar-refractivity contribution < 1.29 is 8.42 Å².